The highest BCUT2D eigenvalue weighted by Gasteiger charge is 2.51. The maximum absolute atomic E-state index is 5.24. The molecule has 0 amide bonds. The van der Waals surface area contributed by atoms with Crippen LogP contribution in [0, 0.1) is 13.8 Å². The van der Waals surface area contributed by atoms with Gasteiger partial charge in [0.25, 0.3) is 0 Å². The summed E-state index contributed by atoms with van der Waals surface area (Å²) in [6, 6.07) is 65.9. The molecule has 11 rings (SSSR count). The van der Waals surface area contributed by atoms with Gasteiger partial charge in [0.2, 0.25) is 0 Å². The van der Waals surface area contributed by atoms with Gasteiger partial charge >= 0.3 is 0 Å². The van der Waals surface area contributed by atoms with Crippen molar-refractivity contribution in [2.45, 2.75) is 19.3 Å². The van der Waals surface area contributed by atoms with Crippen molar-refractivity contribution in [2.24, 2.45) is 0 Å². The highest BCUT2D eigenvalue weighted by Crippen LogP contribution is 2.63. The summed E-state index contributed by atoms with van der Waals surface area (Å²) in [5, 5.41) is 0. The first kappa shape index (κ1) is 33.1. The lowest BCUT2D eigenvalue weighted by atomic mass is 9.70. The van der Waals surface area contributed by atoms with E-state index in [9.17, 15) is 0 Å². The van der Waals surface area contributed by atoms with Crippen molar-refractivity contribution in [2.75, 3.05) is 0 Å². The van der Waals surface area contributed by atoms with Crippen LogP contribution in [0.5, 0.6) is 0 Å². The maximum Gasteiger partial charge on any atom is 0.160 e. The molecule has 1 atom stereocenters. The van der Waals surface area contributed by atoms with Crippen LogP contribution >= 0.6 is 0 Å². The molecule has 0 radical (unpaired) electrons. The summed E-state index contributed by atoms with van der Waals surface area (Å²) < 4.78 is 0. The molecule has 3 heteroatoms. The average molecular weight is 728 g/mol. The third-order valence-electron chi connectivity index (χ3n) is 11.9. The van der Waals surface area contributed by atoms with Gasteiger partial charge in [-0.2, -0.15) is 0 Å². The van der Waals surface area contributed by atoms with E-state index in [0.717, 1.165) is 39.3 Å². The second-order valence-corrected chi connectivity index (χ2v) is 15.3. The molecule has 1 spiro atoms. The second-order valence-electron chi connectivity index (χ2n) is 15.3. The Morgan fingerprint density at radius 3 is 1.54 bits per heavy atom. The summed E-state index contributed by atoms with van der Waals surface area (Å²) in [7, 11) is 0. The minimum atomic E-state index is -0.496. The Kier molecular flexibility index (Phi) is 7.52. The second kappa shape index (κ2) is 12.9. The van der Waals surface area contributed by atoms with E-state index < -0.39 is 5.41 Å². The number of hydrogen-bond donors (Lipinski definition) is 0. The fraction of sp³-hybridized carbons (Fsp3) is 0.0556. The Morgan fingerprint density at radius 1 is 0.368 bits per heavy atom. The minimum Gasteiger partial charge on any atom is -0.256 e. The summed E-state index contributed by atoms with van der Waals surface area (Å²) in [5.41, 5.74) is 21.6. The zero-order chi connectivity index (χ0) is 38.1. The van der Waals surface area contributed by atoms with Crippen molar-refractivity contribution in [1.29, 1.82) is 0 Å². The first-order valence-corrected chi connectivity index (χ1v) is 19.6. The number of benzene rings is 7. The van der Waals surface area contributed by atoms with E-state index >= 15 is 0 Å². The molecular weight excluding hydrogens is 691 g/mol. The molecule has 1 unspecified atom stereocenters. The molecule has 2 aliphatic rings. The quantitative estimate of drug-likeness (QED) is 0.177. The van der Waals surface area contributed by atoms with Gasteiger partial charge < -0.3 is 0 Å². The molecule has 0 N–H and O–H groups in total. The summed E-state index contributed by atoms with van der Waals surface area (Å²) >= 11 is 0. The van der Waals surface area contributed by atoms with Crippen LogP contribution in [0.25, 0.3) is 78.5 Å². The van der Waals surface area contributed by atoms with Gasteiger partial charge in [-0.3, -0.25) is 4.98 Å². The summed E-state index contributed by atoms with van der Waals surface area (Å²) in [5.74, 6) is 0.713. The molecule has 2 aromatic heterocycles. The van der Waals surface area contributed by atoms with Gasteiger partial charge in [0, 0.05) is 28.5 Å². The Balaban J connectivity index is 1.09. The fourth-order valence-corrected chi connectivity index (χ4v) is 9.39. The van der Waals surface area contributed by atoms with Crippen LogP contribution in [0.2, 0.25) is 0 Å². The van der Waals surface area contributed by atoms with Crippen LogP contribution in [0.1, 0.15) is 33.4 Å². The van der Waals surface area contributed by atoms with Crippen LogP contribution in [0.15, 0.2) is 188 Å². The van der Waals surface area contributed by atoms with Crippen LogP contribution < -0.4 is 0 Å². The topological polar surface area (TPSA) is 38.7 Å². The number of rotatable bonds is 5. The number of pyridine rings is 1. The predicted molar refractivity (Wildman–Crippen MR) is 233 cm³/mol. The van der Waals surface area contributed by atoms with Crippen LogP contribution in [0.4, 0.5) is 0 Å². The van der Waals surface area contributed by atoms with Gasteiger partial charge in [0.1, 0.15) is 0 Å². The van der Waals surface area contributed by atoms with Crippen molar-refractivity contribution < 1.29 is 0 Å². The standard InChI is InChI=1S/C54H37N3/c1-34-29-35(2)52(55-33-34)39-23-21-36(22-24-39)40-26-28-48-45(30-40)43-18-10-12-20-47(43)54(48)46-19-11-9-17-42(46)44-27-25-41(31-49(44)54)53-56-50(37-13-5-3-6-14-37)32-51(57-53)38-15-7-4-8-16-38/h3-33H,1-2H3. The SMILES string of the molecule is Cc1cnc(-c2ccc(-c3ccc4c(c3)-c3ccccc3C43c4ccccc4-c4ccc(-c5nc(-c6ccccc6)cc(-c6ccccc6)n5)cc43)cc2)c(C)c1. The number of nitrogens with zero attached hydrogens (tertiary/aromatic N) is 3. The molecule has 0 saturated carbocycles. The van der Waals surface area contributed by atoms with Gasteiger partial charge in [-0.15, -0.1) is 0 Å². The third kappa shape index (κ3) is 5.16. The molecule has 0 saturated heterocycles. The van der Waals surface area contributed by atoms with Crippen molar-refractivity contribution in [3.63, 3.8) is 0 Å². The van der Waals surface area contributed by atoms with Crippen molar-refractivity contribution in [3.8, 4) is 78.5 Å². The lowest BCUT2D eigenvalue weighted by Gasteiger charge is -2.30. The fourth-order valence-electron chi connectivity index (χ4n) is 9.39. The smallest absolute Gasteiger partial charge is 0.160 e. The van der Waals surface area contributed by atoms with Crippen LogP contribution in [-0.4, -0.2) is 15.0 Å². The van der Waals surface area contributed by atoms with Crippen LogP contribution in [-0.2, 0) is 5.41 Å². The Hall–Kier alpha value is -7.23. The largest absolute Gasteiger partial charge is 0.256 e. The number of aryl methyl sites for hydroxylation is 2. The van der Waals surface area contributed by atoms with Gasteiger partial charge in [-0.25, -0.2) is 9.97 Å². The first-order valence-electron chi connectivity index (χ1n) is 19.6. The van der Waals surface area contributed by atoms with Gasteiger partial charge in [-0.1, -0.05) is 164 Å². The van der Waals surface area contributed by atoms with Crippen molar-refractivity contribution >= 4 is 0 Å². The molecule has 0 bridgehead atoms. The minimum absolute atomic E-state index is 0.496. The van der Waals surface area contributed by atoms with Gasteiger partial charge in [0.05, 0.1) is 22.5 Å². The molecular formula is C54H37N3. The van der Waals surface area contributed by atoms with E-state index in [1.807, 2.05) is 18.3 Å². The molecule has 0 aliphatic heterocycles. The van der Waals surface area contributed by atoms with E-state index in [1.165, 1.54) is 66.8 Å². The van der Waals surface area contributed by atoms with Gasteiger partial charge in [-0.05, 0) is 98.8 Å². The Labute approximate surface area is 333 Å². The Morgan fingerprint density at radius 2 is 0.895 bits per heavy atom. The van der Waals surface area contributed by atoms with E-state index in [0.29, 0.717) is 5.82 Å². The predicted octanol–water partition coefficient (Wildman–Crippen LogP) is 13.2. The molecule has 268 valence electrons. The summed E-state index contributed by atoms with van der Waals surface area (Å²) in [6.45, 7) is 4.22. The number of fused-ring (bicyclic) bond motifs is 10. The van der Waals surface area contributed by atoms with E-state index in [1.54, 1.807) is 0 Å². The molecule has 2 aliphatic carbocycles. The average Bonchev–Trinajstić information content (AvgIpc) is 3.73. The zero-order valence-electron chi connectivity index (χ0n) is 31.7. The molecule has 0 fully saturated rings. The van der Waals surface area contributed by atoms with Crippen molar-refractivity contribution in [1.82, 2.24) is 15.0 Å². The summed E-state index contributed by atoms with van der Waals surface area (Å²) in [6.07, 6.45) is 1.95. The lowest BCUT2D eigenvalue weighted by Crippen LogP contribution is -2.25. The lowest BCUT2D eigenvalue weighted by molar-refractivity contribution is 0.794. The number of aromatic nitrogens is 3. The maximum atomic E-state index is 5.24. The third-order valence-corrected chi connectivity index (χ3v) is 11.9. The normalized spacial score (nSPS) is 14.6. The first-order chi connectivity index (χ1) is 28.1. The highest BCUT2D eigenvalue weighted by atomic mass is 14.9. The summed E-state index contributed by atoms with van der Waals surface area (Å²) in [4.78, 5) is 15.2. The highest BCUT2D eigenvalue weighted by molar-refractivity contribution is 5.97. The van der Waals surface area contributed by atoms with Gasteiger partial charge in [0.15, 0.2) is 5.82 Å². The molecule has 57 heavy (non-hydrogen) atoms. The molecule has 7 aromatic carbocycles. The molecule has 3 nitrogen and oxygen atoms in total. The van der Waals surface area contributed by atoms with Crippen molar-refractivity contribution in [3.05, 3.63) is 222 Å². The zero-order valence-corrected chi connectivity index (χ0v) is 31.7. The van der Waals surface area contributed by atoms with E-state index in [2.05, 4.69) is 184 Å². The van der Waals surface area contributed by atoms with Crippen LogP contribution in [0.3, 0.4) is 0 Å². The Bertz CT molecular complexity index is 2960. The molecule has 9 aromatic rings. The monoisotopic (exact) mass is 727 g/mol. The molecule has 2 heterocycles. The van der Waals surface area contributed by atoms with E-state index in [4.69, 9.17) is 15.0 Å². The van der Waals surface area contributed by atoms with E-state index in [-0.39, 0.29) is 0 Å². The number of hydrogen-bond acceptors (Lipinski definition) is 3.